The van der Waals surface area contributed by atoms with Gasteiger partial charge in [0.15, 0.2) is 11.8 Å². The van der Waals surface area contributed by atoms with Crippen molar-refractivity contribution in [3.8, 4) is 5.75 Å². The van der Waals surface area contributed by atoms with Crippen molar-refractivity contribution in [2.75, 3.05) is 48.4 Å². The Kier molecular flexibility index (Phi) is 13.0. The maximum atomic E-state index is 13.7. The number of Topliss-reactive ketones (excluding diaryl/α,β-unsaturated/α-hetero) is 1. The smallest absolute Gasteiger partial charge is 0.257 e. The molecule has 3 aromatic rings. The molecule has 1 fully saturated rings. The van der Waals surface area contributed by atoms with E-state index in [2.05, 4.69) is 80.5 Å². The lowest BCUT2D eigenvalue weighted by Crippen LogP contribution is -2.39. The molecule has 1 saturated heterocycles. The van der Waals surface area contributed by atoms with Crippen LogP contribution in [0, 0.1) is 5.41 Å². The fourth-order valence-electron chi connectivity index (χ4n) is 5.61. The highest BCUT2D eigenvalue weighted by atomic mass is 35.5. The van der Waals surface area contributed by atoms with Crippen LogP contribution in [0.15, 0.2) is 42.7 Å². The molecule has 12 heteroatoms. The van der Waals surface area contributed by atoms with E-state index in [4.69, 9.17) is 21.1 Å². The number of nitrogens with zero attached hydrogens (tertiary/aromatic N) is 4. The number of rotatable bonds is 15. The van der Waals surface area contributed by atoms with Gasteiger partial charge < -0.3 is 25.0 Å². The molecule has 0 saturated carbocycles. The first kappa shape index (κ1) is 39.8. The largest absolute Gasteiger partial charge is 0.493 e. The van der Waals surface area contributed by atoms with Crippen molar-refractivity contribution in [2.45, 2.75) is 105 Å². The van der Waals surface area contributed by atoms with E-state index >= 15 is 0 Å². The van der Waals surface area contributed by atoms with Crippen LogP contribution in [0.1, 0.15) is 105 Å². The standard InChI is InChI=1S/C39H55ClN6O5/c1-10-38(6,7)26-14-17-31(28(23-26)39(8,9)11-2)51-20-12-13-32(47)42-27-15-16-29(40)30(24-27)43-35(49)33(34(48)37(3,4)5)46-25-41-36(44-46)45-18-21-50-22-19-45/h14-17,23-25,33H,10-13,18-22H2,1-9H3,(H,42,47)(H,43,49). The Labute approximate surface area is 307 Å². The van der Waals surface area contributed by atoms with Gasteiger partial charge in [0.25, 0.3) is 5.91 Å². The van der Waals surface area contributed by atoms with Crippen LogP contribution in [0.5, 0.6) is 5.75 Å². The Morgan fingerprint density at radius 3 is 2.27 bits per heavy atom. The zero-order valence-corrected chi connectivity index (χ0v) is 32.4. The second kappa shape index (κ2) is 16.6. The maximum absolute atomic E-state index is 13.7. The number of amides is 2. The number of benzene rings is 2. The number of aromatic nitrogens is 3. The van der Waals surface area contributed by atoms with Gasteiger partial charge in [0.2, 0.25) is 11.9 Å². The van der Waals surface area contributed by atoms with Crippen molar-refractivity contribution in [3.63, 3.8) is 0 Å². The average molecular weight is 723 g/mol. The van der Waals surface area contributed by atoms with Crippen LogP contribution in [-0.4, -0.2) is 65.3 Å². The summed E-state index contributed by atoms with van der Waals surface area (Å²) in [5, 5.41) is 10.4. The molecule has 11 nitrogen and oxygen atoms in total. The highest BCUT2D eigenvalue weighted by molar-refractivity contribution is 6.34. The first-order valence-corrected chi connectivity index (χ1v) is 18.3. The number of hydrogen-bond acceptors (Lipinski definition) is 8. The topological polar surface area (TPSA) is 128 Å². The summed E-state index contributed by atoms with van der Waals surface area (Å²) in [5.41, 5.74) is 2.33. The van der Waals surface area contributed by atoms with Gasteiger partial charge in [0, 0.05) is 36.2 Å². The number of ether oxygens (including phenoxy) is 2. The molecule has 0 radical (unpaired) electrons. The summed E-state index contributed by atoms with van der Waals surface area (Å²) in [6.45, 7) is 21.3. The van der Waals surface area contributed by atoms with Gasteiger partial charge in [-0.15, -0.1) is 5.10 Å². The molecular weight excluding hydrogens is 668 g/mol. The van der Waals surface area contributed by atoms with Crippen molar-refractivity contribution < 1.29 is 23.9 Å². The van der Waals surface area contributed by atoms with Gasteiger partial charge in [-0.05, 0) is 59.9 Å². The van der Waals surface area contributed by atoms with Crippen molar-refractivity contribution in [1.29, 1.82) is 0 Å². The molecule has 1 aliphatic rings. The minimum atomic E-state index is -1.29. The molecule has 1 aliphatic heterocycles. The molecule has 51 heavy (non-hydrogen) atoms. The molecule has 2 N–H and O–H groups in total. The van der Waals surface area contributed by atoms with Gasteiger partial charge >= 0.3 is 0 Å². The van der Waals surface area contributed by atoms with Crippen molar-refractivity contribution in [2.24, 2.45) is 5.41 Å². The van der Waals surface area contributed by atoms with Gasteiger partial charge in [-0.3, -0.25) is 14.4 Å². The summed E-state index contributed by atoms with van der Waals surface area (Å²) >= 11 is 6.48. The lowest BCUT2D eigenvalue weighted by atomic mass is 9.76. The minimum absolute atomic E-state index is 0.0601. The Hall–Kier alpha value is -3.96. The van der Waals surface area contributed by atoms with Gasteiger partial charge in [-0.25, -0.2) is 9.67 Å². The zero-order valence-electron chi connectivity index (χ0n) is 31.7. The minimum Gasteiger partial charge on any atom is -0.493 e. The normalized spacial score (nSPS) is 14.6. The average Bonchev–Trinajstić information content (AvgIpc) is 3.58. The van der Waals surface area contributed by atoms with E-state index in [-0.39, 0.29) is 39.7 Å². The number of anilines is 3. The monoisotopic (exact) mass is 722 g/mol. The number of hydrogen-bond donors (Lipinski definition) is 2. The molecule has 1 unspecified atom stereocenters. The van der Waals surface area contributed by atoms with Crippen LogP contribution < -0.4 is 20.3 Å². The highest BCUT2D eigenvalue weighted by Crippen LogP contribution is 2.38. The molecule has 0 spiro atoms. The molecule has 1 atom stereocenters. The van der Waals surface area contributed by atoms with E-state index in [0.717, 1.165) is 18.6 Å². The number of halogens is 1. The molecule has 0 bridgehead atoms. The summed E-state index contributed by atoms with van der Waals surface area (Å²) in [4.78, 5) is 46.6. The summed E-state index contributed by atoms with van der Waals surface area (Å²) in [7, 11) is 0. The van der Waals surface area contributed by atoms with E-state index < -0.39 is 17.4 Å². The van der Waals surface area contributed by atoms with Gasteiger partial charge in [0.05, 0.1) is 30.5 Å². The molecule has 2 aromatic carbocycles. The summed E-state index contributed by atoms with van der Waals surface area (Å²) < 4.78 is 13.0. The van der Waals surface area contributed by atoms with Crippen LogP contribution in [0.4, 0.5) is 17.3 Å². The van der Waals surface area contributed by atoms with Crippen molar-refractivity contribution in [1.82, 2.24) is 14.8 Å². The third-order valence-corrected chi connectivity index (χ3v) is 10.2. The number of carbonyl (C=O) groups excluding carboxylic acids is 3. The maximum Gasteiger partial charge on any atom is 0.257 e. The van der Waals surface area contributed by atoms with Crippen LogP contribution in [0.3, 0.4) is 0 Å². The van der Waals surface area contributed by atoms with Gasteiger partial charge in [0.1, 0.15) is 12.1 Å². The predicted molar refractivity (Wildman–Crippen MR) is 203 cm³/mol. The van der Waals surface area contributed by atoms with E-state index in [9.17, 15) is 14.4 Å². The van der Waals surface area contributed by atoms with Crippen LogP contribution in [-0.2, 0) is 30.0 Å². The number of carbonyl (C=O) groups is 3. The molecule has 278 valence electrons. The Balaban J connectivity index is 1.40. The summed E-state index contributed by atoms with van der Waals surface area (Å²) in [6, 6.07) is 10.0. The Morgan fingerprint density at radius 2 is 1.63 bits per heavy atom. The first-order valence-electron chi connectivity index (χ1n) is 17.9. The van der Waals surface area contributed by atoms with Crippen LogP contribution >= 0.6 is 11.6 Å². The third kappa shape index (κ3) is 10.1. The number of ketones is 1. The van der Waals surface area contributed by atoms with Crippen molar-refractivity contribution >= 4 is 46.5 Å². The van der Waals surface area contributed by atoms with E-state index in [1.54, 1.807) is 39.0 Å². The Morgan fingerprint density at radius 1 is 0.941 bits per heavy atom. The van der Waals surface area contributed by atoms with Gasteiger partial charge in [-0.2, -0.15) is 0 Å². The quantitative estimate of drug-likeness (QED) is 0.121. The van der Waals surface area contributed by atoms with Crippen LogP contribution in [0.2, 0.25) is 5.02 Å². The predicted octanol–water partition coefficient (Wildman–Crippen LogP) is 7.74. The van der Waals surface area contributed by atoms with Gasteiger partial charge in [-0.1, -0.05) is 86.0 Å². The third-order valence-electron chi connectivity index (χ3n) is 9.86. The zero-order chi connectivity index (χ0) is 37.6. The first-order chi connectivity index (χ1) is 24.0. The fraction of sp³-hybridized carbons (Fsp3) is 0.564. The lowest BCUT2D eigenvalue weighted by molar-refractivity contribution is -0.136. The number of morpholine rings is 1. The lowest BCUT2D eigenvalue weighted by Gasteiger charge is -2.30. The second-order valence-electron chi connectivity index (χ2n) is 15.5. The SMILES string of the molecule is CCC(C)(C)c1ccc(OCCCC(=O)Nc2ccc(Cl)c(NC(=O)C(C(=O)C(C)(C)C)n3cnc(N4CCOCC4)n3)c2)c(C(C)(C)CC)c1. The van der Waals surface area contributed by atoms with E-state index in [0.29, 0.717) is 51.0 Å². The van der Waals surface area contributed by atoms with E-state index in [1.807, 2.05) is 4.90 Å². The summed E-state index contributed by atoms with van der Waals surface area (Å²) in [5.74, 6) is 0.110. The van der Waals surface area contributed by atoms with E-state index in [1.165, 1.54) is 22.1 Å². The molecule has 4 rings (SSSR count). The molecule has 1 aromatic heterocycles. The Bertz CT molecular complexity index is 1690. The highest BCUT2D eigenvalue weighted by Gasteiger charge is 2.38. The molecule has 2 amide bonds. The second-order valence-corrected chi connectivity index (χ2v) is 15.9. The fourth-order valence-corrected chi connectivity index (χ4v) is 5.77. The van der Waals surface area contributed by atoms with Crippen molar-refractivity contribution in [3.05, 3.63) is 58.9 Å². The summed E-state index contributed by atoms with van der Waals surface area (Å²) in [6.07, 6.45) is 4.14. The molecular formula is C39H55ClN6O5. The molecule has 2 heterocycles. The number of nitrogens with one attached hydrogen (secondary N) is 2. The van der Waals surface area contributed by atoms with Crippen LogP contribution in [0.25, 0.3) is 0 Å². The molecule has 0 aliphatic carbocycles.